The highest BCUT2D eigenvalue weighted by Crippen LogP contribution is 2.28. The van der Waals surface area contributed by atoms with Crippen LogP contribution < -0.4 is 5.46 Å². The first kappa shape index (κ1) is 9.83. The van der Waals surface area contributed by atoms with E-state index < -0.39 is 7.12 Å². The molecule has 1 N–H and O–H groups in total. The molecule has 5 nitrogen and oxygen atoms in total. The SMILES string of the molecule is OB1OCc2cc(Cl)c(-c3nnco3)cc21. The van der Waals surface area contributed by atoms with Gasteiger partial charge in [-0.15, -0.1) is 10.2 Å². The van der Waals surface area contributed by atoms with Crippen molar-refractivity contribution in [3.63, 3.8) is 0 Å². The van der Waals surface area contributed by atoms with Crippen LogP contribution in [0.5, 0.6) is 0 Å². The smallest absolute Gasteiger partial charge is 0.423 e. The third kappa shape index (κ3) is 1.43. The number of rotatable bonds is 1. The summed E-state index contributed by atoms with van der Waals surface area (Å²) in [5.74, 6) is 0.326. The number of halogens is 1. The Morgan fingerprint density at radius 3 is 3.06 bits per heavy atom. The molecule has 16 heavy (non-hydrogen) atoms. The highest BCUT2D eigenvalue weighted by atomic mass is 35.5. The van der Waals surface area contributed by atoms with Gasteiger partial charge in [0.2, 0.25) is 12.3 Å². The van der Waals surface area contributed by atoms with Gasteiger partial charge in [0.15, 0.2) is 0 Å². The van der Waals surface area contributed by atoms with Gasteiger partial charge in [-0.3, -0.25) is 0 Å². The molecule has 1 aromatic carbocycles. The maximum atomic E-state index is 9.56. The Bertz CT molecular complexity index is 532. The molecule has 3 rings (SSSR count). The highest BCUT2D eigenvalue weighted by molar-refractivity contribution is 6.61. The maximum absolute atomic E-state index is 9.56. The van der Waals surface area contributed by atoms with Gasteiger partial charge in [0, 0.05) is 0 Å². The van der Waals surface area contributed by atoms with Crippen LogP contribution >= 0.6 is 11.6 Å². The molecule has 0 fully saturated rings. The first-order valence-corrected chi connectivity index (χ1v) is 5.02. The van der Waals surface area contributed by atoms with Crippen LogP contribution in [0.3, 0.4) is 0 Å². The van der Waals surface area contributed by atoms with Gasteiger partial charge in [0.1, 0.15) is 0 Å². The van der Waals surface area contributed by atoms with E-state index in [1.807, 2.05) is 0 Å². The van der Waals surface area contributed by atoms with Gasteiger partial charge < -0.3 is 14.1 Å². The highest BCUT2D eigenvalue weighted by Gasteiger charge is 2.29. The molecule has 1 aliphatic rings. The fourth-order valence-electron chi connectivity index (χ4n) is 1.70. The molecule has 2 heterocycles. The second-order valence-corrected chi connectivity index (χ2v) is 3.85. The number of fused-ring (bicyclic) bond motifs is 1. The van der Waals surface area contributed by atoms with Crippen molar-refractivity contribution in [1.29, 1.82) is 0 Å². The largest absolute Gasteiger partial charge is 0.491 e. The van der Waals surface area contributed by atoms with E-state index in [1.54, 1.807) is 12.1 Å². The van der Waals surface area contributed by atoms with Crippen LogP contribution in [0.4, 0.5) is 0 Å². The lowest BCUT2D eigenvalue weighted by molar-refractivity contribution is 0.275. The van der Waals surface area contributed by atoms with Crippen LogP contribution in [0.1, 0.15) is 5.56 Å². The van der Waals surface area contributed by atoms with Crippen LogP contribution in [0, 0.1) is 0 Å². The fourth-order valence-corrected chi connectivity index (χ4v) is 1.97. The standard InChI is InChI=1S/C9H6BClN2O3/c11-8-1-5-3-16-10(14)7(5)2-6(8)9-13-12-4-15-9/h1-2,4,14H,3H2. The lowest BCUT2D eigenvalue weighted by Gasteiger charge is -2.03. The summed E-state index contributed by atoms with van der Waals surface area (Å²) in [6.45, 7) is 0.361. The summed E-state index contributed by atoms with van der Waals surface area (Å²) in [5.41, 5.74) is 2.17. The van der Waals surface area contributed by atoms with E-state index in [0.717, 1.165) is 5.56 Å². The number of hydrogen-bond acceptors (Lipinski definition) is 5. The molecule has 0 saturated heterocycles. The molecule has 2 aromatic rings. The first-order valence-electron chi connectivity index (χ1n) is 4.64. The minimum Gasteiger partial charge on any atom is -0.423 e. The summed E-state index contributed by atoms with van der Waals surface area (Å²) in [7, 11) is -0.908. The van der Waals surface area contributed by atoms with Crippen molar-refractivity contribution in [2.75, 3.05) is 0 Å². The molecule has 7 heteroatoms. The molecule has 0 unspecified atom stereocenters. The number of aromatic nitrogens is 2. The van der Waals surface area contributed by atoms with E-state index in [9.17, 15) is 5.02 Å². The molecule has 0 aliphatic carbocycles. The molecule has 0 spiro atoms. The Labute approximate surface area is 96.2 Å². The second kappa shape index (κ2) is 3.59. The first-order chi connectivity index (χ1) is 7.75. The van der Waals surface area contributed by atoms with Crippen LogP contribution in [0.2, 0.25) is 5.02 Å². The zero-order valence-corrected chi connectivity index (χ0v) is 8.81. The normalized spacial score (nSPS) is 14.2. The summed E-state index contributed by atoms with van der Waals surface area (Å²) in [5, 5.41) is 17.4. The maximum Gasteiger partial charge on any atom is 0.491 e. The lowest BCUT2D eigenvalue weighted by atomic mass is 9.79. The molecule has 0 saturated carbocycles. The average Bonchev–Trinajstić information content (AvgIpc) is 2.88. The molecular formula is C9H6BClN2O3. The minimum absolute atomic E-state index is 0.326. The predicted molar refractivity (Wildman–Crippen MR) is 57.1 cm³/mol. The number of nitrogens with zero attached hydrogens (tertiary/aromatic N) is 2. The molecule has 0 bridgehead atoms. The number of benzene rings is 1. The van der Waals surface area contributed by atoms with Crippen molar-refractivity contribution in [2.24, 2.45) is 0 Å². The Kier molecular flexibility index (Phi) is 2.20. The van der Waals surface area contributed by atoms with Crippen molar-refractivity contribution >= 4 is 24.2 Å². The van der Waals surface area contributed by atoms with E-state index in [4.69, 9.17) is 20.7 Å². The van der Waals surface area contributed by atoms with Gasteiger partial charge in [0.05, 0.1) is 17.2 Å². The van der Waals surface area contributed by atoms with Gasteiger partial charge in [-0.25, -0.2) is 0 Å². The molecule has 1 aromatic heterocycles. The van der Waals surface area contributed by atoms with E-state index in [2.05, 4.69) is 10.2 Å². The molecule has 80 valence electrons. The van der Waals surface area contributed by atoms with Gasteiger partial charge in [-0.1, -0.05) is 11.6 Å². The van der Waals surface area contributed by atoms with Crippen LogP contribution in [-0.4, -0.2) is 22.3 Å². The Morgan fingerprint density at radius 1 is 1.44 bits per heavy atom. The summed E-state index contributed by atoms with van der Waals surface area (Å²) in [6, 6.07) is 3.45. The monoisotopic (exact) mass is 236 g/mol. The second-order valence-electron chi connectivity index (χ2n) is 3.44. The van der Waals surface area contributed by atoms with Crippen LogP contribution in [0.15, 0.2) is 22.9 Å². The predicted octanol–water partition coefficient (Wildman–Crippen LogP) is 0.608. The third-order valence-electron chi connectivity index (χ3n) is 2.48. The third-order valence-corrected chi connectivity index (χ3v) is 2.79. The van der Waals surface area contributed by atoms with E-state index >= 15 is 0 Å². The Balaban J connectivity index is 2.17. The zero-order chi connectivity index (χ0) is 11.1. The lowest BCUT2D eigenvalue weighted by Crippen LogP contribution is -2.28. The minimum atomic E-state index is -0.908. The Hall–Kier alpha value is -1.37. The summed E-state index contributed by atoms with van der Waals surface area (Å²) < 4.78 is 10.1. The molecule has 1 aliphatic heterocycles. The van der Waals surface area contributed by atoms with Crippen molar-refractivity contribution in [2.45, 2.75) is 6.61 Å². The molecule has 0 radical (unpaired) electrons. The molecule has 0 atom stereocenters. The number of hydrogen-bond donors (Lipinski definition) is 1. The summed E-state index contributed by atoms with van der Waals surface area (Å²) in [4.78, 5) is 0. The fraction of sp³-hybridized carbons (Fsp3) is 0.111. The van der Waals surface area contributed by atoms with E-state index in [0.29, 0.717) is 28.5 Å². The van der Waals surface area contributed by atoms with E-state index in [1.165, 1.54) is 6.39 Å². The van der Waals surface area contributed by atoms with Gasteiger partial charge >= 0.3 is 7.12 Å². The topological polar surface area (TPSA) is 68.4 Å². The van der Waals surface area contributed by atoms with Crippen molar-refractivity contribution in [3.8, 4) is 11.5 Å². The summed E-state index contributed by atoms with van der Waals surface area (Å²) >= 11 is 6.08. The summed E-state index contributed by atoms with van der Waals surface area (Å²) in [6.07, 6.45) is 1.23. The Morgan fingerprint density at radius 2 is 2.31 bits per heavy atom. The average molecular weight is 236 g/mol. The van der Waals surface area contributed by atoms with Crippen molar-refractivity contribution < 1.29 is 14.1 Å². The molecule has 0 amide bonds. The van der Waals surface area contributed by atoms with Gasteiger partial charge in [-0.2, -0.15) is 0 Å². The van der Waals surface area contributed by atoms with Gasteiger partial charge in [0.25, 0.3) is 0 Å². The van der Waals surface area contributed by atoms with E-state index in [-0.39, 0.29) is 0 Å². The molecular weight excluding hydrogens is 230 g/mol. The van der Waals surface area contributed by atoms with Crippen molar-refractivity contribution in [3.05, 3.63) is 29.1 Å². The quantitative estimate of drug-likeness (QED) is 0.735. The van der Waals surface area contributed by atoms with Crippen LogP contribution in [0.25, 0.3) is 11.5 Å². The van der Waals surface area contributed by atoms with Crippen molar-refractivity contribution in [1.82, 2.24) is 10.2 Å². The van der Waals surface area contributed by atoms with Crippen LogP contribution in [-0.2, 0) is 11.3 Å². The van der Waals surface area contributed by atoms with Gasteiger partial charge in [-0.05, 0) is 23.2 Å². The zero-order valence-electron chi connectivity index (χ0n) is 8.05.